The fourth-order valence-electron chi connectivity index (χ4n) is 2.65. The van der Waals surface area contributed by atoms with E-state index in [0.29, 0.717) is 23.7 Å². The summed E-state index contributed by atoms with van der Waals surface area (Å²) in [6, 6.07) is 6.78. The molecule has 0 atom stereocenters. The van der Waals surface area contributed by atoms with Gasteiger partial charge in [0.1, 0.15) is 11.5 Å². The molecule has 0 aliphatic carbocycles. The highest BCUT2D eigenvalue weighted by molar-refractivity contribution is 5.49. The lowest BCUT2D eigenvalue weighted by Gasteiger charge is -2.12. The number of nitrogens with one attached hydrogen (secondary N) is 1. The zero-order valence-corrected chi connectivity index (χ0v) is 17.1. The van der Waals surface area contributed by atoms with Crippen molar-refractivity contribution in [3.05, 3.63) is 47.7 Å². The molecular weight excluding hydrogens is 372 g/mol. The zero-order chi connectivity index (χ0) is 21.1. The number of benzene rings is 1. The van der Waals surface area contributed by atoms with Gasteiger partial charge in [0.15, 0.2) is 5.88 Å². The molecule has 3 N–H and O–H groups in total. The predicted molar refractivity (Wildman–Crippen MR) is 112 cm³/mol. The van der Waals surface area contributed by atoms with Gasteiger partial charge >= 0.3 is 0 Å². The van der Waals surface area contributed by atoms with Crippen molar-refractivity contribution in [2.75, 3.05) is 33.9 Å². The Bertz CT molecular complexity index is 877. The molecule has 156 valence electrons. The van der Waals surface area contributed by atoms with E-state index in [1.54, 1.807) is 32.4 Å². The van der Waals surface area contributed by atoms with Gasteiger partial charge in [0.2, 0.25) is 5.88 Å². The number of hydrogen-bond acceptors (Lipinski definition) is 6. The molecule has 2 aromatic rings. The standard InChI is InChI=1S/C22H28N2O5/c1-4-23-11-7-13-29-12-6-5-8-17-14-21(25)24(22(17)26)16-18-9-10-19(27-2)15-20(18)28-3/h6,9-10,12,14-15,23,25-26H,4,7,11,13,16H2,1-3H3. The minimum Gasteiger partial charge on any atom is -0.500 e. The first-order valence-corrected chi connectivity index (χ1v) is 9.41. The highest BCUT2D eigenvalue weighted by Gasteiger charge is 2.15. The maximum absolute atomic E-state index is 10.4. The Morgan fingerprint density at radius 2 is 2.00 bits per heavy atom. The second-order valence-corrected chi connectivity index (χ2v) is 6.15. The first-order chi connectivity index (χ1) is 14.1. The van der Waals surface area contributed by atoms with Gasteiger partial charge in [-0.15, -0.1) is 0 Å². The van der Waals surface area contributed by atoms with Gasteiger partial charge in [0, 0.05) is 23.8 Å². The van der Waals surface area contributed by atoms with E-state index < -0.39 is 0 Å². The van der Waals surface area contributed by atoms with E-state index in [-0.39, 0.29) is 18.3 Å². The molecule has 0 aliphatic rings. The number of methoxy groups -OCH3 is 2. The van der Waals surface area contributed by atoms with Gasteiger partial charge in [-0.3, -0.25) is 4.57 Å². The van der Waals surface area contributed by atoms with Crippen LogP contribution in [0.4, 0.5) is 0 Å². The molecule has 7 heteroatoms. The van der Waals surface area contributed by atoms with Crippen LogP contribution in [0.5, 0.6) is 23.3 Å². The minimum atomic E-state index is -0.118. The predicted octanol–water partition coefficient (Wildman–Crippen LogP) is 2.85. The summed E-state index contributed by atoms with van der Waals surface area (Å²) < 4.78 is 17.2. The van der Waals surface area contributed by atoms with Crippen molar-refractivity contribution in [2.24, 2.45) is 0 Å². The van der Waals surface area contributed by atoms with Gasteiger partial charge in [0.25, 0.3) is 0 Å². The van der Waals surface area contributed by atoms with Crippen LogP contribution in [-0.2, 0) is 11.3 Å². The summed E-state index contributed by atoms with van der Waals surface area (Å²) in [5.41, 5.74) is 1.10. The van der Waals surface area contributed by atoms with E-state index in [1.807, 2.05) is 6.07 Å². The monoisotopic (exact) mass is 400 g/mol. The van der Waals surface area contributed by atoms with Crippen molar-refractivity contribution in [3.8, 4) is 35.1 Å². The summed E-state index contributed by atoms with van der Waals surface area (Å²) in [6.07, 6.45) is 4.00. The van der Waals surface area contributed by atoms with Gasteiger partial charge in [-0.05, 0) is 31.6 Å². The molecule has 0 saturated heterocycles. The first-order valence-electron chi connectivity index (χ1n) is 9.41. The van der Waals surface area contributed by atoms with E-state index in [9.17, 15) is 10.2 Å². The topological polar surface area (TPSA) is 85.1 Å². The van der Waals surface area contributed by atoms with Crippen LogP contribution in [0.3, 0.4) is 0 Å². The lowest BCUT2D eigenvalue weighted by Crippen LogP contribution is -2.15. The Morgan fingerprint density at radius 3 is 2.72 bits per heavy atom. The van der Waals surface area contributed by atoms with E-state index >= 15 is 0 Å². The van der Waals surface area contributed by atoms with Crippen molar-refractivity contribution in [1.82, 2.24) is 9.88 Å². The summed E-state index contributed by atoms with van der Waals surface area (Å²) in [4.78, 5) is 0. The van der Waals surface area contributed by atoms with Crippen LogP contribution in [0.1, 0.15) is 24.5 Å². The molecule has 0 fully saturated rings. The fraction of sp³-hybridized carbons (Fsp3) is 0.364. The lowest BCUT2D eigenvalue weighted by atomic mass is 10.2. The SMILES string of the molecule is CCNCCCOC=CC#Cc1cc(O)n(Cc2ccc(OC)cc2OC)c1O. The van der Waals surface area contributed by atoms with Crippen LogP contribution in [0.15, 0.2) is 36.6 Å². The van der Waals surface area contributed by atoms with Crippen molar-refractivity contribution in [1.29, 1.82) is 0 Å². The third-order valence-electron chi connectivity index (χ3n) is 4.19. The van der Waals surface area contributed by atoms with Crippen LogP contribution in [0.25, 0.3) is 0 Å². The Morgan fingerprint density at radius 1 is 1.17 bits per heavy atom. The first kappa shape index (κ1) is 22.1. The summed E-state index contributed by atoms with van der Waals surface area (Å²) in [5.74, 6) is 6.65. The summed E-state index contributed by atoms with van der Waals surface area (Å²) >= 11 is 0. The molecule has 0 bridgehead atoms. The number of nitrogens with zero attached hydrogens (tertiary/aromatic N) is 1. The van der Waals surface area contributed by atoms with Gasteiger partial charge in [-0.25, -0.2) is 0 Å². The molecular formula is C22H28N2O5. The van der Waals surface area contributed by atoms with Crippen molar-refractivity contribution < 1.29 is 24.4 Å². The highest BCUT2D eigenvalue weighted by atomic mass is 16.5. The Labute approximate surface area is 171 Å². The molecule has 0 aliphatic heterocycles. The van der Waals surface area contributed by atoms with E-state index in [4.69, 9.17) is 14.2 Å². The molecule has 2 rings (SSSR count). The van der Waals surface area contributed by atoms with Crippen LogP contribution in [0.2, 0.25) is 0 Å². The van der Waals surface area contributed by atoms with E-state index in [2.05, 4.69) is 24.1 Å². The maximum atomic E-state index is 10.4. The summed E-state index contributed by atoms with van der Waals surface area (Å²) in [5, 5.41) is 23.8. The van der Waals surface area contributed by atoms with Crippen LogP contribution in [-0.4, -0.2) is 48.7 Å². The summed E-state index contributed by atoms with van der Waals surface area (Å²) in [7, 11) is 3.13. The van der Waals surface area contributed by atoms with Gasteiger partial charge < -0.3 is 29.7 Å². The normalized spacial score (nSPS) is 10.6. The maximum Gasteiger partial charge on any atom is 0.210 e. The zero-order valence-electron chi connectivity index (χ0n) is 17.1. The van der Waals surface area contributed by atoms with Crippen molar-refractivity contribution in [3.63, 3.8) is 0 Å². The summed E-state index contributed by atoms with van der Waals surface area (Å²) in [6.45, 7) is 4.75. The molecule has 1 heterocycles. The number of allylic oxidation sites excluding steroid dienone is 1. The van der Waals surface area contributed by atoms with Crippen molar-refractivity contribution in [2.45, 2.75) is 19.9 Å². The van der Waals surface area contributed by atoms with Crippen LogP contribution >= 0.6 is 0 Å². The molecule has 0 saturated carbocycles. The average molecular weight is 400 g/mol. The molecule has 0 spiro atoms. The molecule has 1 aromatic carbocycles. The Kier molecular flexibility index (Phi) is 8.80. The third-order valence-corrected chi connectivity index (χ3v) is 4.19. The average Bonchev–Trinajstić information content (AvgIpc) is 3.00. The van der Waals surface area contributed by atoms with Gasteiger partial charge in [-0.2, -0.15) is 0 Å². The number of ether oxygens (including phenoxy) is 3. The van der Waals surface area contributed by atoms with Crippen molar-refractivity contribution >= 4 is 0 Å². The Balaban J connectivity index is 2.02. The van der Waals surface area contributed by atoms with Crippen LogP contribution in [0, 0.1) is 11.8 Å². The largest absolute Gasteiger partial charge is 0.500 e. The highest BCUT2D eigenvalue weighted by Crippen LogP contribution is 2.31. The van der Waals surface area contributed by atoms with Crippen LogP contribution < -0.4 is 14.8 Å². The molecule has 0 unspecified atom stereocenters. The van der Waals surface area contributed by atoms with E-state index in [0.717, 1.165) is 25.1 Å². The number of hydrogen-bond donors (Lipinski definition) is 3. The van der Waals surface area contributed by atoms with Gasteiger partial charge in [0.05, 0.1) is 39.2 Å². The smallest absolute Gasteiger partial charge is 0.210 e. The second kappa shape index (κ2) is 11.6. The van der Waals surface area contributed by atoms with Gasteiger partial charge in [-0.1, -0.05) is 18.8 Å². The second-order valence-electron chi connectivity index (χ2n) is 6.15. The molecule has 29 heavy (non-hydrogen) atoms. The quantitative estimate of drug-likeness (QED) is 0.323. The fourth-order valence-corrected chi connectivity index (χ4v) is 2.65. The Hall–Kier alpha value is -3.24. The third kappa shape index (κ3) is 6.40. The minimum absolute atomic E-state index is 0.0895. The number of aromatic hydroxyl groups is 2. The number of aromatic nitrogens is 1. The number of rotatable bonds is 10. The molecule has 1 aromatic heterocycles. The molecule has 0 radical (unpaired) electrons. The lowest BCUT2D eigenvalue weighted by molar-refractivity contribution is 0.244. The molecule has 7 nitrogen and oxygen atoms in total. The van der Waals surface area contributed by atoms with E-state index in [1.165, 1.54) is 16.9 Å². The molecule has 0 amide bonds.